The Kier molecular flexibility index (Phi) is 6.81. The minimum Gasteiger partial charge on any atom is -0.488 e. The Morgan fingerprint density at radius 3 is 2.50 bits per heavy atom. The summed E-state index contributed by atoms with van der Waals surface area (Å²) in [6, 6.07) is 12.9. The molecule has 28 heavy (non-hydrogen) atoms. The van der Waals surface area contributed by atoms with Gasteiger partial charge in [-0.05, 0) is 24.6 Å². The van der Waals surface area contributed by atoms with E-state index in [-0.39, 0.29) is 24.4 Å². The minimum atomic E-state index is -0.756. The molecule has 2 aromatic rings. The fourth-order valence-electron chi connectivity index (χ4n) is 3.10. The second kappa shape index (κ2) is 9.50. The molecule has 0 aliphatic carbocycles. The van der Waals surface area contributed by atoms with Crippen molar-refractivity contribution in [1.82, 2.24) is 15.1 Å². The molecule has 1 fully saturated rings. The van der Waals surface area contributed by atoms with E-state index in [4.69, 9.17) is 4.74 Å². The number of carbonyl (C=O) groups is 1. The van der Waals surface area contributed by atoms with Crippen molar-refractivity contribution in [3.05, 3.63) is 65.7 Å². The summed E-state index contributed by atoms with van der Waals surface area (Å²) >= 11 is 0. The molecule has 1 aliphatic rings. The van der Waals surface area contributed by atoms with Crippen molar-refractivity contribution in [2.45, 2.75) is 19.5 Å². The molecule has 1 unspecified atom stereocenters. The number of nitrogens with zero attached hydrogens (tertiary/aromatic N) is 2. The zero-order valence-electron chi connectivity index (χ0n) is 15.9. The molecule has 1 aliphatic heterocycles. The summed E-state index contributed by atoms with van der Waals surface area (Å²) in [6.45, 7) is 5.69. The Balaban J connectivity index is 1.40. The normalized spacial score (nSPS) is 15.9. The summed E-state index contributed by atoms with van der Waals surface area (Å²) in [5, 5.41) is 2.86. The van der Waals surface area contributed by atoms with Gasteiger partial charge in [0.25, 0.3) is 0 Å². The Bertz CT molecular complexity index is 780. The van der Waals surface area contributed by atoms with Gasteiger partial charge in [-0.2, -0.15) is 0 Å². The average molecular weight is 389 g/mol. The quantitative estimate of drug-likeness (QED) is 0.825. The molecule has 5 nitrogen and oxygen atoms in total. The molecule has 150 valence electrons. The van der Waals surface area contributed by atoms with Crippen LogP contribution in [0.4, 0.5) is 13.6 Å². The SMILES string of the molecule is CC(COc1ccc(F)cc1F)NC(=O)N1CCN(Cc2ccccc2)CC1. The number of urea groups is 1. The Morgan fingerprint density at radius 1 is 1.11 bits per heavy atom. The Hall–Kier alpha value is -2.67. The molecule has 1 atom stereocenters. The number of benzene rings is 2. The van der Waals surface area contributed by atoms with Gasteiger partial charge in [-0.25, -0.2) is 13.6 Å². The Labute approximate surface area is 163 Å². The molecule has 0 spiro atoms. The van der Waals surface area contributed by atoms with Crippen molar-refractivity contribution in [3.63, 3.8) is 0 Å². The van der Waals surface area contributed by atoms with Gasteiger partial charge in [-0.15, -0.1) is 0 Å². The second-order valence-corrected chi connectivity index (χ2v) is 6.99. The van der Waals surface area contributed by atoms with Crippen molar-refractivity contribution in [2.24, 2.45) is 0 Å². The predicted octanol–water partition coefficient (Wildman–Crippen LogP) is 3.26. The van der Waals surface area contributed by atoms with Crippen LogP contribution in [0.25, 0.3) is 0 Å². The number of ether oxygens (including phenoxy) is 1. The van der Waals surface area contributed by atoms with Crippen molar-refractivity contribution in [3.8, 4) is 5.75 Å². The topological polar surface area (TPSA) is 44.8 Å². The molecule has 0 bridgehead atoms. The molecule has 7 heteroatoms. The van der Waals surface area contributed by atoms with Crippen LogP contribution in [0.3, 0.4) is 0 Å². The van der Waals surface area contributed by atoms with E-state index in [1.807, 2.05) is 18.2 Å². The first kappa shape index (κ1) is 20.1. The molecule has 2 aromatic carbocycles. The number of hydrogen-bond acceptors (Lipinski definition) is 3. The van der Waals surface area contributed by atoms with Crippen molar-refractivity contribution in [2.75, 3.05) is 32.8 Å². The highest BCUT2D eigenvalue weighted by Gasteiger charge is 2.22. The zero-order chi connectivity index (χ0) is 19.9. The van der Waals surface area contributed by atoms with Crippen LogP contribution in [0.1, 0.15) is 12.5 Å². The first-order valence-corrected chi connectivity index (χ1v) is 9.41. The fourth-order valence-corrected chi connectivity index (χ4v) is 3.10. The molecule has 2 amide bonds. The van der Waals surface area contributed by atoms with Crippen LogP contribution >= 0.6 is 0 Å². The molecule has 0 saturated carbocycles. The third-order valence-electron chi connectivity index (χ3n) is 4.66. The van der Waals surface area contributed by atoms with Gasteiger partial charge in [-0.1, -0.05) is 30.3 Å². The summed E-state index contributed by atoms with van der Waals surface area (Å²) < 4.78 is 31.8. The molecular formula is C21H25F2N3O2. The number of rotatable bonds is 6. The third-order valence-corrected chi connectivity index (χ3v) is 4.66. The summed E-state index contributed by atoms with van der Waals surface area (Å²) in [5.74, 6) is -1.44. The van der Waals surface area contributed by atoms with Gasteiger partial charge in [0.05, 0.1) is 6.04 Å². The van der Waals surface area contributed by atoms with Gasteiger partial charge < -0.3 is 15.0 Å². The summed E-state index contributed by atoms with van der Waals surface area (Å²) in [6.07, 6.45) is 0. The van der Waals surface area contributed by atoms with E-state index < -0.39 is 11.6 Å². The second-order valence-electron chi connectivity index (χ2n) is 6.99. The van der Waals surface area contributed by atoms with E-state index in [1.54, 1.807) is 11.8 Å². The van der Waals surface area contributed by atoms with Gasteiger partial charge in [0.2, 0.25) is 0 Å². The van der Waals surface area contributed by atoms with E-state index in [0.29, 0.717) is 13.1 Å². The maximum atomic E-state index is 13.6. The highest BCUT2D eigenvalue weighted by Crippen LogP contribution is 2.17. The Morgan fingerprint density at radius 2 is 1.82 bits per heavy atom. The monoisotopic (exact) mass is 389 g/mol. The van der Waals surface area contributed by atoms with Gasteiger partial charge in [0.1, 0.15) is 12.4 Å². The first-order chi connectivity index (χ1) is 13.5. The number of halogens is 2. The molecule has 1 saturated heterocycles. The maximum absolute atomic E-state index is 13.6. The standard InChI is InChI=1S/C21H25F2N3O2/c1-16(15-28-20-8-7-18(22)13-19(20)23)24-21(27)26-11-9-25(10-12-26)14-17-5-3-2-4-6-17/h2-8,13,16H,9-12,14-15H2,1H3,(H,24,27). The van der Waals surface area contributed by atoms with Crippen LogP contribution in [0.5, 0.6) is 5.75 Å². The largest absolute Gasteiger partial charge is 0.488 e. The van der Waals surface area contributed by atoms with Gasteiger partial charge in [0.15, 0.2) is 11.6 Å². The number of carbonyl (C=O) groups excluding carboxylic acids is 1. The van der Waals surface area contributed by atoms with E-state index in [9.17, 15) is 13.6 Å². The number of hydrogen-bond donors (Lipinski definition) is 1. The number of piperazine rings is 1. The lowest BCUT2D eigenvalue weighted by Crippen LogP contribution is -2.53. The number of amides is 2. The van der Waals surface area contributed by atoms with Crippen LogP contribution in [0.2, 0.25) is 0 Å². The van der Waals surface area contributed by atoms with Crippen molar-refractivity contribution >= 4 is 6.03 Å². The highest BCUT2D eigenvalue weighted by molar-refractivity contribution is 5.74. The summed E-state index contributed by atoms with van der Waals surface area (Å²) in [5.41, 5.74) is 1.26. The van der Waals surface area contributed by atoms with Gasteiger partial charge in [0, 0.05) is 38.8 Å². The van der Waals surface area contributed by atoms with Crippen LogP contribution in [0.15, 0.2) is 48.5 Å². The van der Waals surface area contributed by atoms with Crippen LogP contribution in [-0.2, 0) is 6.54 Å². The number of nitrogens with one attached hydrogen (secondary N) is 1. The van der Waals surface area contributed by atoms with Crippen molar-refractivity contribution in [1.29, 1.82) is 0 Å². The van der Waals surface area contributed by atoms with Crippen LogP contribution < -0.4 is 10.1 Å². The lowest BCUT2D eigenvalue weighted by Gasteiger charge is -2.35. The zero-order valence-corrected chi connectivity index (χ0v) is 15.9. The molecule has 0 radical (unpaired) electrons. The van der Waals surface area contributed by atoms with E-state index in [2.05, 4.69) is 22.3 Å². The van der Waals surface area contributed by atoms with Crippen LogP contribution in [0, 0.1) is 11.6 Å². The third kappa shape index (κ3) is 5.66. The molecule has 1 N–H and O–H groups in total. The smallest absolute Gasteiger partial charge is 0.317 e. The lowest BCUT2D eigenvalue weighted by molar-refractivity contribution is 0.131. The van der Waals surface area contributed by atoms with Gasteiger partial charge >= 0.3 is 6.03 Å². The molecule has 3 rings (SSSR count). The van der Waals surface area contributed by atoms with Gasteiger partial charge in [-0.3, -0.25) is 4.90 Å². The molecule has 0 aromatic heterocycles. The van der Waals surface area contributed by atoms with E-state index in [1.165, 1.54) is 11.6 Å². The predicted molar refractivity (Wildman–Crippen MR) is 103 cm³/mol. The molecular weight excluding hydrogens is 364 g/mol. The minimum absolute atomic E-state index is 0.0305. The average Bonchev–Trinajstić information content (AvgIpc) is 2.68. The lowest BCUT2D eigenvalue weighted by atomic mass is 10.2. The summed E-state index contributed by atoms with van der Waals surface area (Å²) in [4.78, 5) is 16.5. The van der Waals surface area contributed by atoms with Crippen LogP contribution in [-0.4, -0.2) is 54.7 Å². The van der Waals surface area contributed by atoms with E-state index >= 15 is 0 Å². The maximum Gasteiger partial charge on any atom is 0.317 e. The summed E-state index contributed by atoms with van der Waals surface area (Å²) in [7, 11) is 0. The fraction of sp³-hybridized carbons (Fsp3) is 0.381. The first-order valence-electron chi connectivity index (χ1n) is 9.41. The highest BCUT2D eigenvalue weighted by atomic mass is 19.1. The van der Waals surface area contributed by atoms with Crippen molar-refractivity contribution < 1.29 is 18.3 Å². The molecule has 1 heterocycles. The van der Waals surface area contributed by atoms with E-state index in [0.717, 1.165) is 31.8 Å².